The number of phenolic OH excluding ortho intramolecular Hbond substituents is 1. The number of rotatable bonds is 6. The summed E-state index contributed by atoms with van der Waals surface area (Å²) < 4.78 is 10.1. The van der Waals surface area contributed by atoms with Gasteiger partial charge in [0.25, 0.3) is 0 Å². The van der Waals surface area contributed by atoms with Crippen LogP contribution in [0.25, 0.3) is 0 Å². The number of ether oxygens (including phenoxy) is 2. The fourth-order valence-corrected chi connectivity index (χ4v) is 2.12. The lowest BCUT2D eigenvalue weighted by Gasteiger charge is -2.09. The van der Waals surface area contributed by atoms with E-state index in [1.807, 2.05) is 6.92 Å². The zero-order valence-electron chi connectivity index (χ0n) is 14.4. The number of aromatic hydroxyl groups is 1. The maximum absolute atomic E-state index is 11.4. The van der Waals surface area contributed by atoms with Crippen LogP contribution in [0.2, 0.25) is 0 Å². The van der Waals surface area contributed by atoms with Crippen molar-refractivity contribution in [2.24, 2.45) is 10.2 Å². The minimum absolute atomic E-state index is 0.0512. The number of phenols is 1. The third kappa shape index (κ3) is 5.20. The molecular formula is C18H21N3O4. The molecule has 0 aliphatic heterocycles. The summed E-state index contributed by atoms with van der Waals surface area (Å²) in [6, 6.07) is 10.5. The predicted molar refractivity (Wildman–Crippen MR) is 93.9 cm³/mol. The topological polar surface area (TPSA) is 92.5 Å². The molecule has 2 aromatic rings. The first-order valence-electron chi connectivity index (χ1n) is 7.82. The number of aryl methyl sites for hydroxylation is 1. The highest BCUT2D eigenvalue weighted by molar-refractivity contribution is 5.67. The van der Waals surface area contributed by atoms with Crippen LogP contribution >= 0.6 is 0 Å². The molecule has 25 heavy (non-hydrogen) atoms. The molecule has 0 heterocycles. The van der Waals surface area contributed by atoms with Crippen molar-refractivity contribution in [1.82, 2.24) is 5.32 Å². The highest BCUT2D eigenvalue weighted by Gasteiger charge is 2.11. The number of methoxy groups -OCH3 is 1. The molecule has 0 spiro atoms. The van der Waals surface area contributed by atoms with Crippen molar-refractivity contribution in [3.8, 4) is 11.5 Å². The Bertz CT molecular complexity index is 758. The molecule has 2 rings (SSSR count). The molecule has 0 atom stereocenters. The van der Waals surface area contributed by atoms with Crippen LogP contribution in [0.3, 0.4) is 0 Å². The van der Waals surface area contributed by atoms with Crippen LogP contribution in [-0.4, -0.2) is 24.9 Å². The van der Waals surface area contributed by atoms with Gasteiger partial charge in [-0.05, 0) is 55.8 Å². The molecule has 0 saturated heterocycles. The van der Waals surface area contributed by atoms with E-state index in [2.05, 4.69) is 15.5 Å². The predicted octanol–water partition coefficient (Wildman–Crippen LogP) is 4.37. The van der Waals surface area contributed by atoms with Gasteiger partial charge in [-0.15, -0.1) is 5.11 Å². The molecule has 2 aromatic carbocycles. The molecule has 0 saturated carbocycles. The number of carbonyl (C=O) groups is 1. The number of alkyl carbamates (subject to hydrolysis) is 1. The summed E-state index contributed by atoms with van der Waals surface area (Å²) in [5.74, 6) is 0.661. The largest absolute Gasteiger partial charge is 0.505 e. The lowest BCUT2D eigenvalue weighted by molar-refractivity contribution is 0.139. The lowest BCUT2D eigenvalue weighted by Crippen LogP contribution is -2.23. The number of carbonyl (C=O) groups excluding carboxylic acids is 1. The zero-order chi connectivity index (χ0) is 18.2. The highest BCUT2D eigenvalue weighted by atomic mass is 16.5. The van der Waals surface area contributed by atoms with E-state index in [-0.39, 0.29) is 12.4 Å². The molecule has 7 nitrogen and oxygen atoms in total. The standard InChI is InChI=1S/C18H21N3O4/c1-4-19-18(23)25-11-13-9-12(2)10-16(17(13)22)21-20-14-5-7-15(24-3)8-6-14/h5-10,22H,4,11H2,1-3H3,(H,19,23). The molecule has 0 aromatic heterocycles. The first-order chi connectivity index (χ1) is 12.0. The molecule has 0 aliphatic carbocycles. The van der Waals surface area contributed by atoms with Crippen LogP contribution in [0.1, 0.15) is 18.1 Å². The van der Waals surface area contributed by atoms with Gasteiger partial charge in [-0.1, -0.05) is 0 Å². The molecule has 0 bridgehead atoms. The maximum atomic E-state index is 11.4. The zero-order valence-corrected chi connectivity index (χ0v) is 14.4. The number of hydrogen-bond acceptors (Lipinski definition) is 6. The summed E-state index contributed by atoms with van der Waals surface area (Å²) in [7, 11) is 1.59. The average molecular weight is 343 g/mol. The Morgan fingerprint density at radius 3 is 2.56 bits per heavy atom. The van der Waals surface area contributed by atoms with E-state index in [0.717, 1.165) is 11.3 Å². The van der Waals surface area contributed by atoms with E-state index in [1.54, 1.807) is 50.4 Å². The Morgan fingerprint density at radius 1 is 1.20 bits per heavy atom. The SMILES string of the molecule is CCNC(=O)OCc1cc(C)cc(N=Nc2ccc(OC)cc2)c1O. The molecule has 7 heteroatoms. The van der Waals surface area contributed by atoms with Gasteiger partial charge in [-0.3, -0.25) is 0 Å². The van der Waals surface area contributed by atoms with Crippen LogP contribution in [0, 0.1) is 6.92 Å². The first kappa shape index (κ1) is 18.3. The summed E-state index contributed by atoms with van der Waals surface area (Å²) in [6.07, 6.45) is -0.537. The van der Waals surface area contributed by atoms with E-state index in [4.69, 9.17) is 9.47 Å². The number of nitrogens with zero attached hydrogens (tertiary/aromatic N) is 2. The second kappa shape index (κ2) is 8.68. The van der Waals surface area contributed by atoms with Crippen molar-refractivity contribution >= 4 is 17.5 Å². The molecule has 2 N–H and O–H groups in total. The molecular weight excluding hydrogens is 322 g/mol. The van der Waals surface area contributed by atoms with Crippen molar-refractivity contribution in [3.05, 3.63) is 47.5 Å². The van der Waals surface area contributed by atoms with E-state index in [1.165, 1.54) is 0 Å². The van der Waals surface area contributed by atoms with Gasteiger partial charge in [0.05, 0.1) is 12.8 Å². The van der Waals surface area contributed by atoms with Crippen molar-refractivity contribution in [3.63, 3.8) is 0 Å². The summed E-state index contributed by atoms with van der Waals surface area (Å²) in [4.78, 5) is 11.4. The van der Waals surface area contributed by atoms with E-state index >= 15 is 0 Å². The molecule has 0 unspecified atom stereocenters. The van der Waals surface area contributed by atoms with Crippen molar-refractivity contribution in [2.45, 2.75) is 20.5 Å². The number of hydrogen-bond donors (Lipinski definition) is 2. The van der Waals surface area contributed by atoms with Gasteiger partial charge in [0.1, 0.15) is 23.8 Å². The van der Waals surface area contributed by atoms with Crippen molar-refractivity contribution in [1.29, 1.82) is 0 Å². The van der Waals surface area contributed by atoms with Gasteiger partial charge in [-0.2, -0.15) is 5.11 Å². The quantitative estimate of drug-likeness (QED) is 0.762. The average Bonchev–Trinajstić information content (AvgIpc) is 2.61. The number of azo groups is 1. The molecule has 132 valence electrons. The Morgan fingerprint density at radius 2 is 1.92 bits per heavy atom. The smallest absolute Gasteiger partial charge is 0.407 e. The summed E-state index contributed by atoms with van der Waals surface area (Å²) in [5, 5.41) is 21.1. The number of benzene rings is 2. The van der Waals surface area contributed by atoms with E-state index in [9.17, 15) is 9.90 Å². The van der Waals surface area contributed by atoms with Crippen LogP contribution in [-0.2, 0) is 11.3 Å². The molecule has 0 aliphatic rings. The first-order valence-corrected chi connectivity index (χ1v) is 7.82. The van der Waals surface area contributed by atoms with Gasteiger partial charge in [0.2, 0.25) is 0 Å². The van der Waals surface area contributed by atoms with Crippen LogP contribution in [0.4, 0.5) is 16.2 Å². The van der Waals surface area contributed by atoms with Crippen LogP contribution in [0.5, 0.6) is 11.5 Å². The van der Waals surface area contributed by atoms with Crippen molar-refractivity contribution < 1.29 is 19.4 Å². The Kier molecular flexibility index (Phi) is 6.33. The fraction of sp³-hybridized carbons (Fsp3) is 0.278. The second-order valence-corrected chi connectivity index (χ2v) is 5.30. The van der Waals surface area contributed by atoms with Gasteiger partial charge in [0.15, 0.2) is 0 Å². The summed E-state index contributed by atoms with van der Waals surface area (Å²) in [5.41, 5.74) is 2.28. The highest BCUT2D eigenvalue weighted by Crippen LogP contribution is 2.33. The minimum atomic E-state index is -0.537. The van der Waals surface area contributed by atoms with Crippen LogP contribution in [0.15, 0.2) is 46.6 Å². The Balaban J connectivity index is 2.16. The van der Waals surface area contributed by atoms with Gasteiger partial charge < -0.3 is 19.9 Å². The van der Waals surface area contributed by atoms with Crippen LogP contribution < -0.4 is 10.1 Å². The minimum Gasteiger partial charge on any atom is -0.505 e. The summed E-state index contributed by atoms with van der Waals surface area (Å²) in [6.45, 7) is 4.08. The maximum Gasteiger partial charge on any atom is 0.407 e. The summed E-state index contributed by atoms with van der Waals surface area (Å²) >= 11 is 0. The van der Waals surface area contributed by atoms with Gasteiger partial charge >= 0.3 is 6.09 Å². The van der Waals surface area contributed by atoms with Gasteiger partial charge in [0, 0.05) is 12.1 Å². The third-order valence-electron chi connectivity index (χ3n) is 3.34. The van der Waals surface area contributed by atoms with Gasteiger partial charge in [-0.25, -0.2) is 4.79 Å². The number of nitrogens with one attached hydrogen (secondary N) is 1. The molecule has 0 fully saturated rings. The van der Waals surface area contributed by atoms with Crippen molar-refractivity contribution in [2.75, 3.05) is 13.7 Å². The number of amides is 1. The molecule has 0 radical (unpaired) electrons. The van der Waals surface area contributed by atoms with E-state index < -0.39 is 6.09 Å². The second-order valence-electron chi connectivity index (χ2n) is 5.30. The Labute approximate surface area is 146 Å². The Hall–Kier alpha value is -3.09. The molecule has 1 amide bonds. The fourth-order valence-electron chi connectivity index (χ4n) is 2.12. The third-order valence-corrected chi connectivity index (χ3v) is 3.34. The monoisotopic (exact) mass is 343 g/mol. The normalized spacial score (nSPS) is 10.7. The lowest BCUT2D eigenvalue weighted by atomic mass is 10.1. The van der Waals surface area contributed by atoms with E-state index in [0.29, 0.717) is 23.5 Å².